The fraction of sp³-hybridized carbons (Fsp3) is 0. The first-order valence-corrected chi connectivity index (χ1v) is 22.1. The van der Waals surface area contributed by atoms with Gasteiger partial charge in [-0.2, -0.15) is 4.57 Å². The van der Waals surface area contributed by atoms with Gasteiger partial charge < -0.3 is 22.6 Å². The van der Waals surface area contributed by atoms with Crippen molar-refractivity contribution >= 4 is 69.5 Å². The molecule has 8 nitrogen and oxygen atoms in total. The summed E-state index contributed by atoms with van der Waals surface area (Å²) >= 11 is 0. The molecule has 0 spiro atoms. The highest BCUT2D eigenvalue weighted by atomic mass is 31.2. The molecule has 0 unspecified atom stereocenters. The first-order chi connectivity index (χ1) is 29.3. The van der Waals surface area contributed by atoms with E-state index >= 15 is 0 Å². The van der Waals surface area contributed by atoms with Gasteiger partial charge >= 0.3 is 15.6 Å². The van der Waals surface area contributed by atoms with Crippen molar-refractivity contribution in [2.45, 2.75) is 0 Å². The summed E-state index contributed by atoms with van der Waals surface area (Å²) < 4.78 is 56.0. The predicted molar refractivity (Wildman–Crippen MR) is 240 cm³/mol. The van der Waals surface area contributed by atoms with E-state index in [0.717, 1.165) is 53.9 Å². The molecule has 1 N–H and O–H groups in total. The summed E-state index contributed by atoms with van der Waals surface area (Å²) in [5.74, 6) is 1.89. The SMILES string of the molecule is O=P(O)(Oc1cccc2ccccc12)Oc1cccc2ccccc12.O=P(Oc1cccc2ccccc12)(Oc1cccc2ccccc12)Oc1cccc2ccccc12. The Balaban J connectivity index is 0.000000163. The highest BCUT2D eigenvalue weighted by Crippen LogP contribution is 2.53. The molecule has 0 aliphatic carbocycles. The van der Waals surface area contributed by atoms with Gasteiger partial charge in [-0.3, -0.25) is 4.89 Å². The van der Waals surface area contributed by atoms with Crippen LogP contribution in [0.1, 0.15) is 0 Å². The first-order valence-electron chi connectivity index (χ1n) is 19.1. The van der Waals surface area contributed by atoms with E-state index in [9.17, 15) is 14.0 Å². The molecule has 10 aromatic carbocycles. The summed E-state index contributed by atoms with van der Waals surface area (Å²) in [4.78, 5) is 10.3. The fourth-order valence-corrected chi connectivity index (χ4v) is 9.23. The van der Waals surface area contributed by atoms with Crippen molar-refractivity contribution in [3.63, 3.8) is 0 Å². The predicted octanol–water partition coefficient (Wildman–Crippen LogP) is 14.3. The van der Waals surface area contributed by atoms with E-state index in [1.165, 1.54) is 0 Å². The molecule has 0 radical (unpaired) electrons. The Morgan fingerprint density at radius 2 is 0.467 bits per heavy atom. The molecule has 60 heavy (non-hydrogen) atoms. The summed E-state index contributed by atoms with van der Waals surface area (Å²) in [7, 11) is -8.54. The van der Waals surface area contributed by atoms with Gasteiger partial charge in [0.2, 0.25) is 0 Å². The molecule has 0 heterocycles. The minimum atomic E-state index is -4.35. The van der Waals surface area contributed by atoms with Crippen LogP contribution >= 0.6 is 15.6 Å². The molecule has 0 aromatic heterocycles. The van der Waals surface area contributed by atoms with E-state index < -0.39 is 15.6 Å². The molecular formula is C50H36O8P2. The lowest BCUT2D eigenvalue weighted by atomic mass is 10.1. The highest BCUT2D eigenvalue weighted by molar-refractivity contribution is 7.50. The van der Waals surface area contributed by atoms with Crippen LogP contribution in [0, 0.1) is 0 Å². The molecule has 10 aromatic rings. The monoisotopic (exact) mass is 826 g/mol. The van der Waals surface area contributed by atoms with Crippen molar-refractivity contribution in [2.24, 2.45) is 0 Å². The van der Waals surface area contributed by atoms with Crippen molar-refractivity contribution in [3.8, 4) is 28.7 Å². The Morgan fingerprint density at radius 3 is 0.717 bits per heavy atom. The Morgan fingerprint density at radius 1 is 0.267 bits per heavy atom. The number of phosphoric ester groups is 2. The smallest absolute Gasteiger partial charge is 0.395 e. The zero-order valence-electron chi connectivity index (χ0n) is 31.9. The number of hydrogen-bond acceptors (Lipinski definition) is 7. The lowest BCUT2D eigenvalue weighted by Crippen LogP contribution is -2.08. The Bertz CT molecular complexity index is 2950. The van der Waals surface area contributed by atoms with Gasteiger partial charge in [0.15, 0.2) is 0 Å². The molecule has 10 heteroatoms. The third-order valence-electron chi connectivity index (χ3n) is 9.81. The first kappa shape index (κ1) is 38.4. The van der Waals surface area contributed by atoms with Crippen molar-refractivity contribution in [1.29, 1.82) is 0 Å². The van der Waals surface area contributed by atoms with Gasteiger partial charge in [0.25, 0.3) is 0 Å². The highest BCUT2D eigenvalue weighted by Gasteiger charge is 2.35. The number of phosphoric acid groups is 2. The normalized spacial score (nSPS) is 11.6. The average molecular weight is 827 g/mol. The van der Waals surface area contributed by atoms with Crippen molar-refractivity contribution in [2.75, 3.05) is 0 Å². The number of benzene rings is 10. The minimum absolute atomic E-state index is 0.309. The molecular weight excluding hydrogens is 790 g/mol. The van der Waals surface area contributed by atoms with Crippen LogP contribution in [0.5, 0.6) is 28.7 Å². The van der Waals surface area contributed by atoms with Gasteiger partial charge in [-0.15, -0.1) is 0 Å². The van der Waals surface area contributed by atoms with E-state index in [1.54, 1.807) is 42.5 Å². The molecule has 0 aliphatic heterocycles. The third-order valence-corrected chi connectivity index (χ3v) is 11.9. The summed E-state index contributed by atoms with van der Waals surface area (Å²) in [6, 6.07) is 65.8. The minimum Gasteiger partial charge on any atom is -0.395 e. The second kappa shape index (κ2) is 16.6. The van der Waals surface area contributed by atoms with Gasteiger partial charge in [-0.25, -0.2) is 4.57 Å². The van der Waals surface area contributed by atoms with Crippen LogP contribution in [0.15, 0.2) is 212 Å². The molecule has 0 aliphatic rings. The van der Waals surface area contributed by atoms with Crippen LogP contribution in [0.3, 0.4) is 0 Å². The Hall–Kier alpha value is -7.08. The topological polar surface area (TPSA) is 101 Å². The standard InChI is InChI=1S/C30H21O4P.C20H15O4P/c31-35(32-28-19-7-13-22-10-1-4-16-25(22)28,33-29-20-8-14-23-11-2-5-17-26(23)29)34-30-21-9-15-24-12-3-6-18-27(24)30;21-25(22,23-19-13-5-9-15-7-1-3-11-17(15)19)24-20-14-6-10-16-8-2-4-12-18(16)20/h1-21H;1-14H,(H,21,22). The van der Waals surface area contributed by atoms with E-state index in [4.69, 9.17) is 22.6 Å². The molecule has 0 amide bonds. The summed E-state index contributed by atoms with van der Waals surface area (Å²) in [6.07, 6.45) is 0. The maximum atomic E-state index is 14.4. The third kappa shape index (κ3) is 8.40. The zero-order chi connectivity index (χ0) is 40.9. The largest absolute Gasteiger partial charge is 0.647 e. The number of hydrogen-bond donors (Lipinski definition) is 1. The van der Waals surface area contributed by atoms with E-state index in [-0.39, 0.29) is 0 Å². The fourth-order valence-electron chi connectivity index (χ4n) is 7.06. The maximum absolute atomic E-state index is 14.4. The summed E-state index contributed by atoms with van der Waals surface area (Å²) in [5.41, 5.74) is 0. The van der Waals surface area contributed by atoms with Gasteiger partial charge in [-0.1, -0.05) is 182 Å². The Labute approximate surface area is 346 Å². The molecule has 0 fully saturated rings. The zero-order valence-corrected chi connectivity index (χ0v) is 33.7. The van der Waals surface area contributed by atoms with Gasteiger partial charge in [-0.05, 0) is 57.3 Å². The molecule has 10 rings (SSSR count). The second-order valence-corrected chi connectivity index (χ2v) is 16.5. The van der Waals surface area contributed by atoms with Gasteiger partial charge in [0.1, 0.15) is 28.7 Å². The maximum Gasteiger partial charge on any atom is 0.647 e. The van der Waals surface area contributed by atoms with Crippen molar-refractivity contribution in [1.82, 2.24) is 0 Å². The lowest BCUT2D eigenvalue weighted by Gasteiger charge is -2.21. The van der Waals surface area contributed by atoms with Crippen LogP contribution in [-0.4, -0.2) is 4.89 Å². The second-order valence-electron chi connectivity index (χ2n) is 13.8. The molecule has 294 valence electrons. The lowest BCUT2D eigenvalue weighted by molar-refractivity contribution is 0.293. The summed E-state index contributed by atoms with van der Waals surface area (Å²) in [5, 5.41) is 8.69. The number of rotatable bonds is 10. The van der Waals surface area contributed by atoms with Crippen LogP contribution in [0.4, 0.5) is 0 Å². The molecule has 0 saturated heterocycles. The van der Waals surface area contributed by atoms with Gasteiger partial charge in [0.05, 0.1) is 0 Å². The summed E-state index contributed by atoms with van der Waals surface area (Å²) in [6.45, 7) is 0. The van der Waals surface area contributed by atoms with E-state index in [1.807, 2.05) is 170 Å². The Kier molecular flexibility index (Phi) is 10.7. The van der Waals surface area contributed by atoms with Crippen molar-refractivity contribution in [3.05, 3.63) is 212 Å². The quantitative estimate of drug-likeness (QED) is 0.136. The van der Waals surface area contributed by atoms with E-state index in [2.05, 4.69) is 0 Å². The molecule has 0 atom stereocenters. The molecule has 0 bridgehead atoms. The average Bonchev–Trinajstić information content (AvgIpc) is 3.27. The van der Waals surface area contributed by atoms with Crippen molar-refractivity contribution < 1.29 is 36.6 Å². The molecule has 0 saturated carbocycles. The van der Waals surface area contributed by atoms with Crippen LogP contribution < -0.4 is 22.6 Å². The van der Waals surface area contributed by atoms with Crippen LogP contribution in [-0.2, 0) is 9.13 Å². The van der Waals surface area contributed by atoms with Gasteiger partial charge in [0, 0.05) is 26.9 Å². The van der Waals surface area contributed by atoms with Crippen LogP contribution in [0.2, 0.25) is 0 Å². The van der Waals surface area contributed by atoms with Crippen LogP contribution in [0.25, 0.3) is 53.9 Å². The number of fused-ring (bicyclic) bond motifs is 5. The van der Waals surface area contributed by atoms with E-state index in [0.29, 0.717) is 28.7 Å².